The molecule has 4 nitrogen and oxygen atoms in total. The van der Waals surface area contributed by atoms with Crippen molar-refractivity contribution >= 4 is 5.91 Å². The van der Waals surface area contributed by atoms with Crippen molar-refractivity contribution in [3.8, 4) is 0 Å². The Morgan fingerprint density at radius 1 is 1.21 bits per heavy atom. The van der Waals surface area contributed by atoms with Crippen LogP contribution < -0.4 is 5.73 Å². The van der Waals surface area contributed by atoms with E-state index in [-0.39, 0.29) is 12.0 Å². The lowest BCUT2D eigenvalue weighted by Gasteiger charge is -2.44. The summed E-state index contributed by atoms with van der Waals surface area (Å²) in [5.74, 6) is 0.211. The summed E-state index contributed by atoms with van der Waals surface area (Å²) < 4.78 is 5.20. The summed E-state index contributed by atoms with van der Waals surface area (Å²) >= 11 is 0. The van der Waals surface area contributed by atoms with E-state index in [9.17, 15) is 4.79 Å². The third-order valence-corrected chi connectivity index (χ3v) is 5.09. The minimum Gasteiger partial charge on any atom is -0.380 e. The van der Waals surface area contributed by atoms with Crippen LogP contribution in [0.15, 0.2) is 0 Å². The van der Waals surface area contributed by atoms with Crippen molar-refractivity contribution in [2.45, 2.75) is 57.5 Å². The molecule has 110 valence electrons. The number of methoxy groups -OCH3 is 1. The molecular formula is C15H28N2O2. The van der Waals surface area contributed by atoms with Gasteiger partial charge in [0.1, 0.15) is 0 Å². The first-order chi connectivity index (χ1) is 9.19. The van der Waals surface area contributed by atoms with Crippen LogP contribution in [-0.4, -0.2) is 43.7 Å². The molecule has 0 bridgehead atoms. The van der Waals surface area contributed by atoms with Crippen LogP contribution in [0.4, 0.5) is 0 Å². The Morgan fingerprint density at radius 3 is 2.37 bits per heavy atom. The number of piperidine rings is 1. The topological polar surface area (TPSA) is 55.6 Å². The van der Waals surface area contributed by atoms with E-state index in [2.05, 4.69) is 0 Å². The van der Waals surface area contributed by atoms with Crippen LogP contribution in [0.2, 0.25) is 0 Å². The van der Waals surface area contributed by atoms with Crippen LogP contribution in [0.5, 0.6) is 0 Å². The van der Waals surface area contributed by atoms with Gasteiger partial charge in [-0.2, -0.15) is 0 Å². The fourth-order valence-electron chi connectivity index (χ4n) is 3.62. The zero-order chi connectivity index (χ0) is 13.7. The fourth-order valence-corrected chi connectivity index (χ4v) is 3.62. The van der Waals surface area contributed by atoms with Crippen LogP contribution in [0, 0.1) is 5.41 Å². The maximum atomic E-state index is 12.2. The molecule has 4 heteroatoms. The first-order valence-corrected chi connectivity index (χ1v) is 7.70. The highest BCUT2D eigenvalue weighted by Crippen LogP contribution is 2.44. The number of likely N-dealkylation sites (tertiary alicyclic amines) is 1. The highest BCUT2D eigenvalue weighted by Gasteiger charge is 2.36. The van der Waals surface area contributed by atoms with Gasteiger partial charge in [-0.1, -0.05) is 19.3 Å². The van der Waals surface area contributed by atoms with Crippen LogP contribution in [0.25, 0.3) is 0 Å². The van der Waals surface area contributed by atoms with Gasteiger partial charge < -0.3 is 15.4 Å². The lowest BCUT2D eigenvalue weighted by atomic mass is 9.68. The van der Waals surface area contributed by atoms with E-state index in [1.807, 2.05) is 4.90 Å². The van der Waals surface area contributed by atoms with Gasteiger partial charge in [0.2, 0.25) is 5.91 Å². The van der Waals surface area contributed by atoms with Crippen molar-refractivity contribution < 1.29 is 9.53 Å². The molecule has 2 N–H and O–H groups in total. The minimum atomic E-state index is -0.127. The molecule has 1 atom stereocenters. The molecule has 1 saturated carbocycles. The van der Waals surface area contributed by atoms with E-state index in [1.165, 1.54) is 44.9 Å². The van der Waals surface area contributed by atoms with Gasteiger partial charge >= 0.3 is 0 Å². The molecule has 2 fully saturated rings. The molecule has 1 unspecified atom stereocenters. The van der Waals surface area contributed by atoms with Crippen LogP contribution >= 0.6 is 0 Å². The van der Waals surface area contributed by atoms with Gasteiger partial charge in [-0.3, -0.25) is 4.79 Å². The first-order valence-electron chi connectivity index (χ1n) is 7.70. The van der Waals surface area contributed by atoms with Crippen molar-refractivity contribution in [2.75, 3.05) is 26.7 Å². The fraction of sp³-hybridized carbons (Fsp3) is 0.933. The smallest absolute Gasteiger partial charge is 0.225 e. The molecule has 1 heterocycles. The lowest BCUT2D eigenvalue weighted by Crippen LogP contribution is -2.45. The third kappa shape index (κ3) is 3.69. The number of hydrogen-bond acceptors (Lipinski definition) is 3. The molecule has 0 radical (unpaired) electrons. The van der Waals surface area contributed by atoms with E-state index in [4.69, 9.17) is 10.5 Å². The quantitative estimate of drug-likeness (QED) is 0.847. The lowest BCUT2D eigenvalue weighted by molar-refractivity contribution is -0.136. The van der Waals surface area contributed by atoms with Crippen molar-refractivity contribution in [2.24, 2.45) is 11.1 Å². The Balaban J connectivity index is 1.80. The van der Waals surface area contributed by atoms with Crippen molar-refractivity contribution in [3.05, 3.63) is 0 Å². The Labute approximate surface area is 116 Å². The summed E-state index contributed by atoms with van der Waals surface area (Å²) in [4.78, 5) is 14.2. The Hall–Kier alpha value is -0.610. The second-order valence-corrected chi connectivity index (χ2v) is 6.24. The number of hydrogen-bond donors (Lipinski definition) is 1. The molecule has 1 spiro atoms. The molecule has 2 aliphatic rings. The molecule has 0 aromatic carbocycles. The number of nitrogens with zero attached hydrogens (tertiary/aromatic N) is 1. The molecule has 1 aliphatic heterocycles. The van der Waals surface area contributed by atoms with E-state index in [0.29, 0.717) is 18.4 Å². The summed E-state index contributed by atoms with van der Waals surface area (Å²) in [5, 5.41) is 0. The average Bonchev–Trinajstić information content (AvgIpc) is 2.46. The number of ether oxygens (including phenoxy) is 1. The molecule has 0 aromatic rings. The normalized spacial score (nSPS) is 24.4. The minimum absolute atomic E-state index is 0.127. The first kappa shape index (κ1) is 14.8. The highest BCUT2D eigenvalue weighted by molar-refractivity contribution is 5.76. The largest absolute Gasteiger partial charge is 0.380 e. The predicted octanol–water partition coefficient (Wildman–Crippen LogP) is 1.92. The van der Waals surface area contributed by atoms with Crippen molar-refractivity contribution in [1.82, 2.24) is 4.90 Å². The van der Waals surface area contributed by atoms with Gasteiger partial charge in [-0.15, -0.1) is 0 Å². The predicted molar refractivity (Wildman–Crippen MR) is 75.8 cm³/mol. The molecular weight excluding hydrogens is 240 g/mol. The van der Waals surface area contributed by atoms with Crippen molar-refractivity contribution in [1.29, 1.82) is 0 Å². The average molecular weight is 268 g/mol. The number of amides is 1. The summed E-state index contributed by atoms with van der Waals surface area (Å²) in [6, 6.07) is 0. The van der Waals surface area contributed by atoms with Crippen molar-refractivity contribution in [3.63, 3.8) is 0 Å². The summed E-state index contributed by atoms with van der Waals surface area (Å²) in [7, 11) is 1.62. The molecule has 1 amide bonds. The maximum absolute atomic E-state index is 12.2. The standard InChI is InChI=1S/C15H28N2O2/c1-19-13(12-16)11-14(18)17-9-7-15(8-10-17)5-3-2-4-6-15/h13H,2-12,16H2,1H3. The second-order valence-electron chi connectivity index (χ2n) is 6.24. The van der Waals surface area contributed by atoms with E-state index in [1.54, 1.807) is 7.11 Å². The molecule has 0 aromatic heterocycles. The Kier molecular flexibility index (Phi) is 5.22. The van der Waals surface area contributed by atoms with E-state index in [0.717, 1.165) is 13.1 Å². The van der Waals surface area contributed by atoms with Gasteiger partial charge in [0.25, 0.3) is 0 Å². The molecule has 1 saturated heterocycles. The zero-order valence-electron chi connectivity index (χ0n) is 12.2. The number of nitrogens with two attached hydrogens (primary N) is 1. The van der Waals surface area contributed by atoms with Gasteiger partial charge in [0.15, 0.2) is 0 Å². The van der Waals surface area contributed by atoms with Gasteiger partial charge in [0, 0.05) is 26.7 Å². The van der Waals surface area contributed by atoms with Crippen LogP contribution in [0.3, 0.4) is 0 Å². The summed E-state index contributed by atoms with van der Waals surface area (Å²) in [5.41, 5.74) is 6.14. The van der Waals surface area contributed by atoms with Gasteiger partial charge in [-0.05, 0) is 31.1 Å². The zero-order valence-corrected chi connectivity index (χ0v) is 12.2. The SMILES string of the molecule is COC(CN)CC(=O)N1CCC2(CCCCC2)CC1. The molecule has 1 aliphatic carbocycles. The van der Waals surface area contributed by atoms with Gasteiger partial charge in [-0.25, -0.2) is 0 Å². The summed E-state index contributed by atoms with van der Waals surface area (Å²) in [6.07, 6.45) is 9.60. The number of rotatable bonds is 4. The number of carbonyl (C=O) groups is 1. The van der Waals surface area contributed by atoms with E-state index < -0.39 is 0 Å². The number of carbonyl (C=O) groups excluding carboxylic acids is 1. The molecule has 19 heavy (non-hydrogen) atoms. The highest BCUT2D eigenvalue weighted by atomic mass is 16.5. The van der Waals surface area contributed by atoms with Crippen LogP contribution in [-0.2, 0) is 9.53 Å². The monoisotopic (exact) mass is 268 g/mol. The third-order valence-electron chi connectivity index (χ3n) is 5.09. The molecule has 2 rings (SSSR count). The van der Waals surface area contributed by atoms with Crippen LogP contribution in [0.1, 0.15) is 51.4 Å². The van der Waals surface area contributed by atoms with E-state index >= 15 is 0 Å². The summed E-state index contributed by atoms with van der Waals surface area (Å²) in [6.45, 7) is 2.28. The maximum Gasteiger partial charge on any atom is 0.225 e. The van der Waals surface area contributed by atoms with Gasteiger partial charge in [0.05, 0.1) is 12.5 Å². The Morgan fingerprint density at radius 2 is 1.84 bits per heavy atom. The second kappa shape index (κ2) is 6.71. The Bertz CT molecular complexity index is 287.